The van der Waals surface area contributed by atoms with Gasteiger partial charge in [0.2, 0.25) is 11.8 Å². The van der Waals surface area contributed by atoms with E-state index in [4.69, 9.17) is 27.7 Å². The fourth-order valence-electron chi connectivity index (χ4n) is 8.06. The van der Waals surface area contributed by atoms with Gasteiger partial charge in [-0.3, -0.25) is 19.2 Å². The van der Waals surface area contributed by atoms with E-state index in [1.165, 1.54) is 9.91 Å². The van der Waals surface area contributed by atoms with Crippen LogP contribution in [0.3, 0.4) is 0 Å². The minimum absolute atomic E-state index is 0.0298. The quantitative estimate of drug-likeness (QED) is 0.0810. The number of nitrogens with zero attached hydrogens (tertiary/aromatic N) is 10. The van der Waals surface area contributed by atoms with E-state index in [9.17, 15) is 24.0 Å². The molecule has 396 valence electrons. The fourth-order valence-corrected chi connectivity index (χ4v) is 11.6. The van der Waals surface area contributed by atoms with Gasteiger partial charge in [0.1, 0.15) is 4.60 Å². The summed E-state index contributed by atoms with van der Waals surface area (Å²) in [6.07, 6.45) is 13.9. The Labute approximate surface area is 475 Å². The summed E-state index contributed by atoms with van der Waals surface area (Å²) in [5, 5.41) is 26.6. The van der Waals surface area contributed by atoms with Gasteiger partial charge < -0.3 is 21.3 Å². The van der Waals surface area contributed by atoms with Crippen molar-refractivity contribution in [2.24, 2.45) is 17.2 Å². The molecule has 21 heteroatoms. The van der Waals surface area contributed by atoms with Crippen LogP contribution < -0.4 is 30.7 Å². The van der Waals surface area contributed by atoms with Crippen molar-refractivity contribution in [2.75, 3.05) is 9.80 Å². The predicted molar refractivity (Wildman–Crippen MR) is 310 cm³/mol. The number of pyridine rings is 4. The molecule has 6 N–H and O–H groups in total. The molecule has 2 saturated carbocycles. The molecule has 3 aromatic carbocycles. The van der Waals surface area contributed by atoms with Crippen LogP contribution in [0.4, 0.5) is 11.4 Å². The molecule has 0 saturated heterocycles. The molecule has 0 radical (unpaired) electrons. The topological polar surface area (TPSA) is 278 Å². The Kier molecular flexibility index (Phi) is 17.8. The number of hydrogen-bond acceptors (Lipinski definition) is 11. The monoisotopic (exact) mass is 1290 g/mol. The number of carbonyl (C=O) groups excluding carboxylic acids is 5. The predicted octanol–water partition coefficient (Wildman–Crippen LogP) is 9.23. The van der Waals surface area contributed by atoms with Crippen LogP contribution in [0, 0.1) is 22.7 Å². The third-order valence-corrected chi connectivity index (χ3v) is 18.9. The summed E-state index contributed by atoms with van der Waals surface area (Å²) in [6.45, 7) is 0. The van der Waals surface area contributed by atoms with Gasteiger partial charge in [-0.15, -0.1) is 0 Å². The van der Waals surface area contributed by atoms with Crippen molar-refractivity contribution in [3.63, 3.8) is 0 Å². The van der Waals surface area contributed by atoms with Crippen LogP contribution in [0.5, 0.6) is 0 Å². The van der Waals surface area contributed by atoms with Crippen molar-refractivity contribution in [1.82, 2.24) is 29.2 Å². The van der Waals surface area contributed by atoms with E-state index in [2.05, 4.69) is 79.0 Å². The normalized spacial score (nSPS) is 12.4. The third-order valence-electron chi connectivity index (χ3n) is 12.6. The van der Waals surface area contributed by atoms with E-state index in [0.717, 1.165) is 63.7 Å². The number of amides is 5. The van der Waals surface area contributed by atoms with Crippen molar-refractivity contribution < 1.29 is 24.0 Å². The molecule has 2 aliphatic carbocycles. The first kappa shape index (κ1) is 56.6. The number of benzene rings is 3. The molecule has 6 heterocycles. The molecule has 0 bridgehead atoms. The van der Waals surface area contributed by atoms with Gasteiger partial charge in [0.25, 0.3) is 11.8 Å². The molecule has 9 aromatic rings. The van der Waals surface area contributed by atoms with Gasteiger partial charge in [-0.05, 0) is 160 Å². The number of nitrogens with two attached hydrogens (primary N) is 3. The van der Waals surface area contributed by atoms with Gasteiger partial charge in [0, 0.05) is 64.3 Å². The summed E-state index contributed by atoms with van der Waals surface area (Å²) in [4.78, 5) is 77.7. The number of nitriles is 2. The maximum atomic E-state index is 13.5. The standard InChI is InChI=1S/C25H19N5O2.C18H13BrN4O.C6H5BrN2O.C6H5N2O.3CH3.Sn/c26-14-16-1-7-20(8-2-16)30(21-9-10-21)25(32)19-11-12-29-23(13-19)22(15-28-29)17-3-5-18(6-4-17)24(27)31;19-16-11-21-22-8-7-13(9-17(16)22)18(24)23(15-5-6-15)14-3-1-12(10-20)2-4-14;7-5-2-1-4(3-9-5)6(8)10;7-6(9)5-2-1-3-8-4-5;;;;/h1-8,11-13,15,21H,9-10H2,(H2,27,31);1-4,7-9,11,15H,5-6H2;1-3H,(H2,8,10);1-2,4H,(H2,7,9);3*1H3;. The number of primary amides is 3. The summed E-state index contributed by atoms with van der Waals surface area (Å²) < 4.78 is 6.16. The SMILES string of the molecule is N#Cc1ccc(N(C(=O)c2ccn3ncc(-c4ccc(C(N)=O)cc4)c3c2)C2CC2)cc1.N#Cc1ccc(N(C(=O)c2ccn3ncc(Br)c3c2)C2CC2)cc1.NC(=O)c1ccc(Br)nc1.[CH3][Sn]([CH3])([CH3])[c]1ccc(C(N)=O)cn1. The maximum absolute atomic E-state index is 13.5. The second kappa shape index (κ2) is 24.8. The van der Waals surface area contributed by atoms with Crippen LogP contribution in [0.1, 0.15) is 88.6 Å². The van der Waals surface area contributed by atoms with E-state index < -0.39 is 36.1 Å². The minimum atomic E-state index is -2.05. The van der Waals surface area contributed by atoms with Crippen LogP contribution >= 0.6 is 31.9 Å². The number of hydrogen-bond donors (Lipinski definition) is 3. The summed E-state index contributed by atoms with van der Waals surface area (Å²) in [7, 11) is 0. The second-order valence-corrected chi connectivity index (χ2v) is 35.4. The first-order chi connectivity index (χ1) is 37.8. The molecule has 0 unspecified atom stereocenters. The van der Waals surface area contributed by atoms with Crippen molar-refractivity contribution in [3.8, 4) is 23.3 Å². The molecule has 5 amide bonds. The number of halogens is 2. The Hall–Kier alpha value is -8.57. The first-order valence-electron chi connectivity index (χ1n) is 24.7. The van der Waals surface area contributed by atoms with E-state index in [1.807, 2.05) is 64.4 Å². The van der Waals surface area contributed by atoms with Crippen molar-refractivity contribution in [1.29, 1.82) is 10.5 Å². The number of anilines is 2. The van der Waals surface area contributed by atoms with Crippen LogP contribution in [0.2, 0.25) is 14.8 Å². The summed E-state index contributed by atoms with van der Waals surface area (Å²) in [5.74, 6) is -1.47. The first-order valence-corrected chi connectivity index (χ1v) is 36.3. The van der Waals surface area contributed by atoms with Crippen molar-refractivity contribution >= 4 is 106 Å². The Morgan fingerprint density at radius 2 is 0.987 bits per heavy atom. The van der Waals surface area contributed by atoms with Gasteiger partial charge in [0.15, 0.2) is 0 Å². The molecule has 18 nitrogen and oxygen atoms in total. The molecule has 0 atom stereocenters. The van der Waals surface area contributed by atoms with Gasteiger partial charge in [0.05, 0.1) is 56.7 Å². The fraction of sp³-hybridized carbons (Fsp3) is 0.155. The zero-order chi connectivity index (χ0) is 56.5. The molecule has 6 aromatic heterocycles. The Morgan fingerprint density at radius 1 is 0.544 bits per heavy atom. The molecule has 0 aliphatic heterocycles. The average molecular weight is 1290 g/mol. The van der Waals surface area contributed by atoms with E-state index in [1.54, 1.807) is 107 Å². The van der Waals surface area contributed by atoms with Crippen molar-refractivity contribution in [3.05, 3.63) is 207 Å². The summed E-state index contributed by atoms with van der Waals surface area (Å²) in [6, 6.07) is 40.0. The molecular formula is C58H51Br2N13O5Sn. The zero-order valence-electron chi connectivity index (χ0n) is 43.0. The number of aromatic nitrogens is 6. The Balaban J connectivity index is 0.000000153. The van der Waals surface area contributed by atoms with Crippen LogP contribution in [-0.4, -0.2) is 89.2 Å². The Morgan fingerprint density at radius 3 is 1.41 bits per heavy atom. The Bertz CT molecular complexity index is 3810. The van der Waals surface area contributed by atoms with E-state index in [-0.39, 0.29) is 23.9 Å². The van der Waals surface area contributed by atoms with Crippen LogP contribution in [0.15, 0.2) is 168 Å². The average Bonchev–Trinajstić information content (AvgIpc) is 4.53. The zero-order valence-corrected chi connectivity index (χ0v) is 49.0. The van der Waals surface area contributed by atoms with Crippen LogP contribution in [0.25, 0.3) is 22.2 Å². The number of fused-ring (bicyclic) bond motifs is 2. The molecule has 11 rings (SSSR count). The summed E-state index contributed by atoms with van der Waals surface area (Å²) in [5.41, 5.74) is 24.1. The van der Waals surface area contributed by atoms with Gasteiger partial charge >= 0.3 is 82.2 Å². The third kappa shape index (κ3) is 14.1. The number of carbonyl (C=O) groups is 5. The van der Waals surface area contributed by atoms with Crippen molar-refractivity contribution in [2.45, 2.75) is 52.6 Å². The molecule has 0 spiro atoms. The summed E-state index contributed by atoms with van der Waals surface area (Å²) >= 11 is 4.53. The van der Waals surface area contributed by atoms with E-state index in [0.29, 0.717) is 43.5 Å². The van der Waals surface area contributed by atoms with Gasteiger partial charge in [-0.2, -0.15) is 20.7 Å². The molecular weight excluding hydrogens is 1240 g/mol. The second-order valence-electron chi connectivity index (χ2n) is 19.4. The molecule has 2 aliphatic rings. The molecule has 79 heavy (non-hydrogen) atoms. The van der Waals surface area contributed by atoms with E-state index >= 15 is 0 Å². The van der Waals surface area contributed by atoms with Gasteiger partial charge in [-0.1, -0.05) is 12.1 Å². The molecule has 2 fully saturated rings. The van der Waals surface area contributed by atoms with Crippen LogP contribution in [-0.2, 0) is 0 Å². The van der Waals surface area contributed by atoms with Gasteiger partial charge in [-0.25, -0.2) is 14.0 Å². The number of rotatable bonds is 11.